The first kappa shape index (κ1) is 15.2. The summed E-state index contributed by atoms with van der Waals surface area (Å²) in [5.41, 5.74) is 0. The van der Waals surface area contributed by atoms with Crippen molar-refractivity contribution in [1.82, 2.24) is 15.1 Å². The molecule has 0 saturated heterocycles. The molecule has 3 rings (SSSR count). The van der Waals surface area contributed by atoms with Gasteiger partial charge in [0.05, 0.1) is 17.8 Å². The van der Waals surface area contributed by atoms with Crippen LogP contribution < -0.4 is 5.32 Å². The van der Waals surface area contributed by atoms with E-state index in [4.69, 9.17) is 16.0 Å². The van der Waals surface area contributed by atoms with E-state index in [1.807, 2.05) is 0 Å². The predicted octanol–water partition coefficient (Wildman–Crippen LogP) is 3.63. The Kier molecular flexibility index (Phi) is 4.83. The summed E-state index contributed by atoms with van der Waals surface area (Å²) in [4.78, 5) is 12.2. The maximum Gasteiger partial charge on any atom is 0.287 e. The Balaban J connectivity index is 1.58. The van der Waals surface area contributed by atoms with E-state index in [-0.39, 0.29) is 11.9 Å². The highest BCUT2D eigenvalue weighted by Crippen LogP contribution is 2.18. The molecule has 1 N–H and O–H groups in total. The highest BCUT2D eigenvalue weighted by molar-refractivity contribution is 6.30. The van der Waals surface area contributed by atoms with Crippen LogP contribution in [0.3, 0.4) is 0 Å². The summed E-state index contributed by atoms with van der Waals surface area (Å²) in [6.07, 6.45) is 10.3. The maximum absolute atomic E-state index is 12.2. The first-order valence-corrected chi connectivity index (χ1v) is 8.16. The SMILES string of the molecule is O=C(NC1CCCCCC1)c1ccc(Cn2cc(Cl)cn2)o1. The van der Waals surface area contributed by atoms with Crippen LogP contribution in [0.4, 0.5) is 0 Å². The molecule has 2 aromatic heterocycles. The molecule has 1 aliphatic rings. The number of amides is 1. The Hall–Kier alpha value is -1.75. The zero-order chi connectivity index (χ0) is 15.4. The van der Waals surface area contributed by atoms with Gasteiger partial charge < -0.3 is 9.73 Å². The lowest BCUT2D eigenvalue weighted by atomic mass is 10.1. The molecule has 0 aromatic carbocycles. The summed E-state index contributed by atoms with van der Waals surface area (Å²) in [6.45, 7) is 0.462. The molecule has 0 spiro atoms. The summed E-state index contributed by atoms with van der Waals surface area (Å²) in [5, 5.41) is 7.75. The summed E-state index contributed by atoms with van der Waals surface area (Å²) in [5.74, 6) is 0.917. The fourth-order valence-electron chi connectivity index (χ4n) is 2.85. The van der Waals surface area contributed by atoms with Gasteiger partial charge in [-0.15, -0.1) is 0 Å². The molecule has 2 heterocycles. The zero-order valence-corrected chi connectivity index (χ0v) is 13.2. The van der Waals surface area contributed by atoms with Gasteiger partial charge in [-0.25, -0.2) is 0 Å². The molecule has 0 aliphatic heterocycles. The van der Waals surface area contributed by atoms with Gasteiger partial charge in [0.15, 0.2) is 5.76 Å². The van der Waals surface area contributed by atoms with Gasteiger partial charge in [0.25, 0.3) is 5.91 Å². The van der Waals surface area contributed by atoms with Gasteiger partial charge in [-0.2, -0.15) is 5.10 Å². The van der Waals surface area contributed by atoms with Crippen LogP contribution >= 0.6 is 11.6 Å². The van der Waals surface area contributed by atoms with Crippen molar-refractivity contribution in [2.45, 2.75) is 51.1 Å². The number of nitrogens with one attached hydrogen (secondary N) is 1. The van der Waals surface area contributed by atoms with Crippen molar-refractivity contribution in [3.8, 4) is 0 Å². The van der Waals surface area contributed by atoms with E-state index in [0.29, 0.717) is 23.1 Å². The number of rotatable bonds is 4. The van der Waals surface area contributed by atoms with Crippen molar-refractivity contribution in [3.05, 3.63) is 41.1 Å². The molecule has 22 heavy (non-hydrogen) atoms. The lowest BCUT2D eigenvalue weighted by Gasteiger charge is -2.14. The molecule has 0 bridgehead atoms. The van der Waals surface area contributed by atoms with E-state index >= 15 is 0 Å². The van der Waals surface area contributed by atoms with Crippen LogP contribution in [0.2, 0.25) is 5.02 Å². The van der Waals surface area contributed by atoms with Gasteiger partial charge in [0, 0.05) is 12.2 Å². The number of hydrogen-bond donors (Lipinski definition) is 1. The zero-order valence-electron chi connectivity index (χ0n) is 12.4. The van der Waals surface area contributed by atoms with Gasteiger partial charge in [-0.3, -0.25) is 9.48 Å². The smallest absolute Gasteiger partial charge is 0.287 e. The molecule has 1 saturated carbocycles. The number of hydrogen-bond acceptors (Lipinski definition) is 3. The summed E-state index contributed by atoms with van der Waals surface area (Å²) >= 11 is 5.83. The monoisotopic (exact) mass is 321 g/mol. The van der Waals surface area contributed by atoms with Gasteiger partial charge in [-0.1, -0.05) is 37.3 Å². The van der Waals surface area contributed by atoms with Gasteiger partial charge >= 0.3 is 0 Å². The molecule has 5 nitrogen and oxygen atoms in total. The topological polar surface area (TPSA) is 60.1 Å². The molecule has 118 valence electrons. The Morgan fingerprint density at radius 1 is 1.32 bits per heavy atom. The minimum absolute atomic E-state index is 0.128. The van der Waals surface area contributed by atoms with Crippen LogP contribution in [-0.2, 0) is 6.54 Å². The van der Waals surface area contributed by atoms with Gasteiger partial charge in [0.1, 0.15) is 5.76 Å². The highest BCUT2D eigenvalue weighted by Gasteiger charge is 2.18. The minimum Gasteiger partial charge on any atom is -0.454 e. The molecule has 0 atom stereocenters. The van der Waals surface area contributed by atoms with E-state index in [0.717, 1.165) is 12.8 Å². The third-order valence-corrected chi connectivity index (χ3v) is 4.19. The van der Waals surface area contributed by atoms with Crippen LogP contribution in [0.15, 0.2) is 28.9 Å². The second-order valence-corrected chi connectivity index (χ2v) is 6.22. The lowest BCUT2D eigenvalue weighted by Crippen LogP contribution is -2.34. The highest BCUT2D eigenvalue weighted by atomic mass is 35.5. The fourth-order valence-corrected chi connectivity index (χ4v) is 3.01. The number of aromatic nitrogens is 2. The van der Waals surface area contributed by atoms with Crippen LogP contribution in [-0.4, -0.2) is 21.7 Å². The number of nitrogens with zero attached hydrogens (tertiary/aromatic N) is 2. The van der Waals surface area contributed by atoms with Crippen LogP contribution in [0.25, 0.3) is 0 Å². The van der Waals surface area contributed by atoms with Crippen LogP contribution in [0.5, 0.6) is 0 Å². The first-order chi connectivity index (χ1) is 10.7. The largest absolute Gasteiger partial charge is 0.454 e. The second kappa shape index (κ2) is 7.01. The molecule has 1 fully saturated rings. The number of carbonyl (C=O) groups excluding carboxylic acids is 1. The molecule has 6 heteroatoms. The van der Waals surface area contributed by atoms with Crippen molar-refractivity contribution in [2.24, 2.45) is 0 Å². The fraction of sp³-hybridized carbons (Fsp3) is 0.500. The molecular weight excluding hydrogens is 302 g/mol. The van der Waals surface area contributed by atoms with Crippen molar-refractivity contribution in [2.75, 3.05) is 0 Å². The van der Waals surface area contributed by atoms with Crippen LogP contribution in [0, 0.1) is 0 Å². The van der Waals surface area contributed by atoms with E-state index in [9.17, 15) is 4.79 Å². The summed E-state index contributed by atoms with van der Waals surface area (Å²) in [6, 6.07) is 3.79. The standard InChI is InChI=1S/C16H20ClN3O2/c17-12-9-18-20(10-12)11-14-7-8-15(22-14)16(21)19-13-5-3-1-2-4-6-13/h7-10,13H,1-6,11H2,(H,19,21). The number of halogens is 1. The van der Waals surface area contributed by atoms with Crippen LogP contribution in [0.1, 0.15) is 54.8 Å². The predicted molar refractivity (Wildman–Crippen MR) is 84.0 cm³/mol. The molecule has 0 radical (unpaired) electrons. The Labute approximate surface area is 134 Å². The van der Waals surface area contributed by atoms with Gasteiger partial charge in [0.2, 0.25) is 0 Å². The Morgan fingerprint density at radius 3 is 2.77 bits per heavy atom. The molecule has 0 unspecified atom stereocenters. The van der Waals surface area contributed by atoms with Crippen molar-refractivity contribution >= 4 is 17.5 Å². The molecule has 1 amide bonds. The molecule has 1 aliphatic carbocycles. The molecule has 2 aromatic rings. The van der Waals surface area contributed by atoms with Crippen molar-refractivity contribution < 1.29 is 9.21 Å². The molecular formula is C16H20ClN3O2. The number of furan rings is 1. The maximum atomic E-state index is 12.2. The summed E-state index contributed by atoms with van der Waals surface area (Å²) in [7, 11) is 0. The summed E-state index contributed by atoms with van der Waals surface area (Å²) < 4.78 is 7.29. The Morgan fingerprint density at radius 2 is 2.09 bits per heavy atom. The van der Waals surface area contributed by atoms with E-state index < -0.39 is 0 Å². The van der Waals surface area contributed by atoms with E-state index in [2.05, 4.69) is 10.4 Å². The average molecular weight is 322 g/mol. The second-order valence-electron chi connectivity index (χ2n) is 5.78. The average Bonchev–Trinajstić information content (AvgIpc) is 3.04. The quantitative estimate of drug-likeness (QED) is 0.875. The van der Waals surface area contributed by atoms with E-state index in [1.54, 1.807) is 29.2 Å². The van der Waals surface area contributed by atoms with E-state index in [1.165, 1.54) is 25.7 Å². The Bertz CT molecular complexity index is 627. The minimum atomic E-state index is -0.128. The van der Waals surface area contributed by atoms with Crippen molar-refractivity contribution in [3.63, 3.8) is 0 Å². The first-order valence-electron chi connectivity index (χ1n) is 7.78. The third-order valence-electron chi connectivity index (χ3n) is 4.00. The van der Waals surface area contributed by atoms with Crippen molar-refractivity contribution in [1.29, 1.82) is 0 Å². The third kappa shape index (κ3) is 3.91. The normalized spacial score (nSPS) is 16.4. The van der Waals surface area contributed by atoms with Gasteiger partial charge in [-0.05, 0) is 25.0 Å². The lowest BCUT2D eigenvalue weighted by molar-refractivity contribution is 0.0903. The number of carbonyl (C=O) groups is 1.